The molecule has 0 bridgehead atoms. The molecule has 2 aliphatic heterocycles. The molecule has 3 rings (SSSR count). The second kappa shape index (κ2) is 5.57. The highest BCUT2D eigenvalue weighted by Gasteiger charge is 2.35. The number of aryl methyl sites for hydroxylation is 2. The molecule has 0 aliphatic carbocycles. The highest BCUT2D eigenvalue weighted by Crippen LogP contribution is 2.34. The van der Waals surface area contributed by atoms with E-state index in [-0.39, 0.29) is 0 Å². The summed E-state index contributed by atoms with van der Waals surface area (Å²) in [4.78, 5) is 5.07. The molecular weight excluding hydrogens is 272 g/mol. The van der Waals surface area contributed by atoms with E-state index in [4.69, 9.17) is 11.6 Å². The lowest BCUT2D eigenvalue weighted by atomic mass is 9.84. The van der Waals surface area contributed by atoms with E-state index >= 15 is 0 Å². The fourth-order valence-electron chi connectivity index (χ4n) is 4.09. The maximum atomic E-state index is 6.14. The molecule has 5 heteroatoms. The van der Waals surface area contributed by atoms with Gasteiger partial charge in [-0.2, -0.15) is 5.10 Å². The minimum Gasteiger partial charge on any atom is -0.356 e. The molecule has 0 spiro atoms. The standard InChI is InChI=1S/C15H25ClN4/c1-11-13(9-16)15(19(3)17-11)20-8-6-14-12(10-20)5-4-7-18(14)2/h12,14H,4-10H2,1-3H3. The largest absolute Gasteiger partial charge is 0.356 e. The van der Waals surface area contributed by atoms with E-state index in [2.05, 4.69) is 28.9 Å². The van der Waals surface area contributed by atoms with Crippen LogP contribution in [0.15, 0.2) is 0 Å². The maximum Gasteiger partial charge on any atom is 0.131 e. The Bertz CT molecular complexity index is 484. The number of aromatic nitrogens is 2. The number of likely N-dealkylation sites (tertiary alicyclic amines) is 1. The SMILES string of the molecule is Cc1nn(C)c(N2CCC3C(CCCN3C)C2)c1CCl. The van der Waals surface area contributed by atoms with Crippen LogP contribution in [0, 0.1) is 12.8 Å². The minimum absolute atomic E-state index is 0.555. The lowest BCUT2D eigenvalue weighted by Gasteiger charge is -2.46. The van der Waals surface area contributed by atoms with Crippen molar-refractivity contribution in [1.82, 2.24) is 14.7 Å². The van der Waals surface area contributed by atoms with Crippen LogP contribution in [-0.4, -0.2) is 47.4 Å². The van der Waals surface area contributed by atoms with E-state index in [0.29, 0.717) is 5.88 Å². The van der Waals surface area contributed by atoms with E-state index in [1.807, 2.05) is 11.7 Å². The Morgan fingerprint density at radius 2 is 2.05 bits per heavy atom. The third-order valence-electron chi connectivity index (χ3n) is 5.09. The Morgan fingerprint density at radius 1 is 1.25 bits per heavy atom. The Hall–Kier alpha value is -0.740. The molecule has 2 aliphatic rings. The van der Waals surface area contributed by atoms with Crippen molar-refractivity contribution in [2.75, 3.05) is 31.6 Å². The average molecular weight is 297 g/mol. The van der Waals surface area contributed by atoms with Gasteiger partial charge in [-0.1, -0.05) is 0 Å². The molecule has 20 heavy (non-hydrogen) atoms. The summed E-state index contributed by atoms with van der Waals surface area (Å²) in [7, 11) is 4.32. The van der Waals surface area contributed by atoms with Crippen molar-refractivity contribution in [1.29, 1.82) is 0 Å². The van der Waals surface area contributed by atoms with Crippen molar-refractivity contribution >= 4 is 17.4 Å². The number of anilines is 1. The molecule has 1 aromatic heterocycles. The summed E-state index contributed by atoms with van der Waals surface area (Å²) in [6.07, 6.45) is 3.95. The summed E-state index contributed by atoms with van der Waals surface area (Å²) in [6, 6.07) is 0.772. The zero-order chi connectivity index (χ0) is 14.3. The number of nitrogens with zero attached hydrogens (tertiary/aromatic N) is 4. The Kier molecular flexibility index (Phi) is 3.95. The van der Waals surface area contributed by atoms with Gasteiger partial charge in [-0.05, 0) is 45.7 Å². The molecule has 1 aromatic rings. The lowest BCUT2D eigenvalue weighted by Crippen LogP contribution is -2.53. The van der Waals surface area contributed by atoms with Gasteiger partial charge in [0, 0.05) is 31.7 Å². The summed E-state index contributed by atoms with van der Waals surface area (Å²) in [5, 5.41) is 4.56. The van der Waals surface area contributed by atoms with Gasteiger partial charge < -0.3 is 9.80 Å². The van der Waals surface area contributed by atoms with Crippen molar-refractivity contribution in [2.45, 2.75) is 38.1 Å². The normalized spacial score (nSPS) is 27.7. The van der Waals surface area contributed by atoms with Crippen LogP contribution in [0.5, 0.6) is 0 Å². The van der Waals surface area contributed by atoms with Crippen LogP contribution in [-0.2, 0) is 12.9 Å². The number of rotatable bonds is 2. The van der Waals surface area contributed by atoms with Crippen molar-refractivity contribution in [3.05, 3.63) is 11.3 Å². The number of hydrogen-bond donors (Lipinski definition) is 0. The van der Waals surface area contributed by atoms with Gasteiger partial charge in [-0.3, -0.25) is 4.68 Å². The van der Waals surface area contributed by atoms with Gasteiger partial charge in [0.25, 0.3) is 0 Å². The first-order valence-corrected chi connectivity index (χ1v) is 8.19. The zero-order valence-electron chi connectivity index (χ0n) is 12.8. The van der Waals surface area contributed by atoms with E-state index in [1.165, 1.54) is 37.2 Å². The van der Waals surface area contributed by atoms with Crippen LogP contribution in [0.25, 0.3) is 0 Å². The zero-order valence-corrected chi connectivity index (χ0v) is 13.5. The predicted molar refractivity (Wildman–Crippen MR) is 83.5 cm³/mol. The van der Waals surface area contributed by atoms with E-state index in [1.54, 1.807) is 0 Å². The molecule has 2 saturated heterocycles. The van der Waals surface area contributed by atoms with Gasteiger partial charge >= 0.3 is 0 Å². The second-order valence-electron chi connectivity index (χ2n) is 6.33. The smallest absolute Gasteiger partial charge is 0.131 e. The van der Waals surface area contributed by atoms with Gasteiger partial charge in [0.2, 0.25) is 0 Å². The van der Waals surface area contributed by atoms with Gasteiger partial charge in [-0.25, -0.2) is 0 Å². The molecule has 112 valence electrons. The average Bonchev–Trinajstić information content (AvgIpc) is 2.72. The molecule has 2 unspecified atom stereocenters. The van der Waals surface area contributed by atoms with Crippen molar-refractivity contribution in [3.63, 3.8) is 0 Å². The third-order valence-corrected chi connectivity index (χ3v) is 5.36. The summed E-state index contributed by atoms with van der Waals surface area (Å²) in [5.74, 6) is 2.59. The monoisotopic (exact) mass is 296 g/mol. The molecule has 2 atom stereocenters. The van der Waals surface area contributed by atoms with E-state index in [0.717, 1.165) is 30.7 Å². The molecule has 0 amide bonds. The number of hydrogen-bond acceptors (Lipinski definition) is 3. The Labute approximate surface area is 126 Å². The van der Waals surface area contributed by atoms with Crippen LogP contribution < -0.4 is 4.90 Å². The Morgan fingerprint density at radius 3 is 2.80 bits per heavy atom. The van der Waals surface area contributed by atoms with Gasteiger partial charge in [-0.15, -0.1) is 11.6 Å². The molecule has 0 N–H and O–H groups in total. The van der Waals surface area contributed by atoms with Gasteiger partial charge in [0.05, 0.1) is 11.6 Å². The fraction of sp³-hybridized carbons (Fsp3) is 0.800. The summed E-state index contributed by atoms with van der Waals surface area (Å²) in [6.45, 7) is 5.59. The third kappa shape index (κ3) is 2.33. The fourth-order valence-corrected chi connectivity index (χ4v) is 4.40. The van der Waals surface area contributed by atoms with Gasteiger partial charge in [0.15, 0.2) is 0 Å². The first kappa shape index (κ1) is 14.2. The number of alkyl halides is 1. The van der Waals surface area contributed by atoms with Crippen LogP contribution >= 0.6 is 11.6 Å². The van der Waals surface area contributed by atoms with Crippen LogP contribution in [0.2, 0.25) is 0 Å². The van der Waals surface area contributed by atoms with Crippen molar-refractivity contribution in [3.8, 4) is 0 Å². The molecule has 0 saturated carbocycles. The highest BCUT2D eigenvalue weighted by atomic mass is 35.5. The maximum absolute atomic E-state index is 6.14. The summed E-state index contributed by atoms with van der Waals surface area (Å²) >= 11 is 6.14. The van der Waals surface area contributed by atoms with E-state index < -0.39 is 0 Å². The highest BCUT2D eigenvalue weighted by molar-refractivity contribution is 6.17. The van der Waals surface area contributed by atoms with Crippen LogP contribution in [0.4, 0.5) is 5.82 Å². The topological polar surface area (TPSA) is 24.3 Å². The second-order valence-corrected chi connectivity index (χ2v) is 6.60. The minimum atomic E-state index is 0.555. The first-order chi connectivity index (χ1) is 9.61. The van der Waals surface area contributed by atoms with Crippen molar-refractivity contribution in [2.24, 2.45) is 13.0 Å². The predicted octanol–water partition coefficient (Wildman–Crippen LogP) is 2.39. The molecule has 0 aromatic carbocycles. The molecule has 4 nitrogen and oxygen atoms in total. The van der Waals surface area contributed by atoms with E-state index in [9.17, 15) is 0 Å². The van der Waals surface area contributed by atoms with Gasteiger partial charge in [0.1, 0.15) is 5.82 Å². The Balaban J connectivity index is 1.83. The summed E-state index contributed by atoms with van der Waals surface area (Å²) in [5.41, 5.74) is 2.28. The molecule has 0 radical (unpaired) electrons. The quantitative estimate of drug-likeness (QED) is 0.783. The molecular formula is C15H25ClN4. The number of halogens is 1. The lowest BCUT2D eigenvalue weighted by molar-refractivity contribution is 0.102. The molecule has 3 heterocycles. The van der Waals surface area contributed by atoms with Crippen LogP contribution in [0.3, 0.4) is 0 Å². The molecule has 2 fully saturated rings. The number of fused-ring (bicyclic) bond motifs is 1. The first-order valence-electron chi connectivity index (χ1n) is 7.65. The van der Waals surface area contributed by atoms with Crippen LogP contribution in [0.1, 0.15) is 30.5 Å². The summed E-state index contributed by atoms with van der Waals surface area (Å²) < 4.78 is 2.01. The van der Waals surface area contributed by atoms with Crippen molar-refractivity contribution < 1.29 is 0 Å². The number of piperidine rings is 2.